The number of hydrogen-bond acceptors (Lipinski definition) is 3. The first-order valence-corrected chi connectivity index (χ1v) is 10.7. The highest BCUT2D eigenvalue weighted by molar-refractivity contribution is 7.92. The molecule has 1 saturated carbocycles. The summed E-state index contributed by atoms with van der Waals surface area (Å²) >= 11 is 0. The van der Waals surface area contributed by atoms with Crippen molar-refractivity contribution in [3.63, 3.8) is 0 Å². The van der Waals surface area contributed by atoms with Crippen LogP contribution < -0.4 is 9.62 Å². The molecule has 0 spiro atoms. The van der Waals surface area contributed by atoms with Crippen molar-refractivity contribution >= 4 is 15.7 Å². The van der Waals surface area contributed by atoms with Crippen molar-refractivity contribution in [2.24, 2.45) is 5.92 Å². The number of anilines is 1. The Morgan fingerprint density at radius 1 is 1.08 bits per heavy atom. The summed E-state index contributed by atoms with van der Waals surface area (Å²) in [5.41, 5.74) is 3.45. The van der Waals surface area contributed by atoms with E-state index in [9.17, 15) is 8.42 Å². The SMILES string of the molecule is CC(C)c1ccc(S(=O)(=O)N(C)c2ccc([C@]34CNC[C@H]3C4)cc2)cc1. The average molecular weight is 371 g/mol. The second kappa shape index (κ2) is 6.10. The molecule has 0 amide bonds. The van der Waals surface area contributed by atoms with Crippen LogP contribution >= 0.6 is 0 Å². The Hall–Kier alpha value is -1.85. The molecule has 1 aliphatic heterocycles. The zero-order valence-corrected chi connectivity index (χ0v) is 16.4. The van der Waals surface area contributed by atoms with Gasteiger partial charge in [-0.05, 0) is 60.2 Å². The van der Waals surface area contributed by atoms with Crippen LogP contribution in [0.3, 0.4) is 0 Å². The maximum atomic E-state index is 12.9. The maximum Gasteiger partial charge on any atom is 0.264 e. The third-order valence-electron chi connectivity index (χ3n) is 6.07. The minimum absolute atomic E-state index is 0.294. The lowest BCUT2D eigenvalue weighted by atomic mass is 9.95. The van der Waals surface area contributed by atoms with Crippen molar-refractivity contribution in [3.8, 4) is 0 Å². The molecule has 0 unspecified atom stereocenters. The topological polar surface area (TPSA) is 49.4 Å². The van der Waals surface area contributed by atoms with E-state index < -0.39 is 10.0 Å². The summed E-state index contributed by atoms with van der Waals surface area (Å²) in [7, 11) is -1.93. The van der Waals surface area contributed by atoms with Gasteiger partial charge in [-0.25, -0.2) is 8.42 Å². The van der Waals surface area contributed by atoms with Crippen LogP contribution in [0.15, 0.2) is 53.4 Å². The summed E-state index contributed by atoms with van der Waals surface area (Å²) in [5, 5.41) is 3.45. The molecular weight excluding hydrogens is 344 g/mol. The van der Waals surface area contributed by atoms with E-state index in [0.717, 1.165) is 24.6 Å². The highest BCUT2D eigenvalue weighted by Gasteiger charge is 2.57. The highest BCUT2D eigenvalue weighted by atomic mass is 32.2. The summed E-state index contributed by atoms with van der Waals surface area (Å²) in [5.74, 6) is 1.13. The highest BCUT2D eigenvalue weighted by Crippen LogP contribution is 2.56. The standard InChI is InChI=1S/C21H26N2O2S/c1-15(2)16-4-10-20(11-5-16)26(24,25)23(3)19-8-6-17(7-9-19)21-12-18(21)13-22-14-21/h4-11,15,18,22H,12-14H2,1-3H3/t18-,21+/m1/s1. The van der Waals surface area contributed by atoms with Gasteiger partial charge in [0.2, 0.25) is 0 Å². The Bertz CT molecular complexity index is 904. The lowest BCUT2D eigenvalue weighted by Crippen LogP contribution is -2.26. The fourth-order valence-corrected chi connectivity index (χ4v) is 5.31. The number of rotatable bonds is 5. The number of piperidine rings is 1. The van der Waals surface area contributed by atoms with Crippen LogP contribution in [-0.2, 0) is 15.4 Å². The molecule has 4 nitrogen and oxygen atoms in total. The summed E-state index contributed by atoms with van der Waals surface area (Å²) in [6.07, 6.45) is 1.25. The quantitative estimate of drug-likeness (QED) is 0.876. The fourth-order valence-electron chi connectivity index (χ4n) is 4.11. The van der Waals surface area contributed by atoms with Crippen molar-refractivity contribution in [3.05, 3.63) is 59.7 Å². The third kappa shape index (κ3) is 2.74. The van der Waals surface area contributed by atoms with Crippen LogP contribution in [0, 0.1) is 5.92 Å². The van der Waals surface area contributed by atoms with E-state index in [1.165, 1.54) is 16.3 Å². The molecule has 1 aliphatic carbocycles. The normalized spacial score (nSPS) is 24.5. The van der Waals surface area contributed by atoms with Crippen LogP contribution in [0.4, 0.5) is 5.69 Å². The molecule has 1 N–H and O–H groups in total. The molecule has 2 fully saturated rings. The Labute approximate surface area is 156 Å². The van der Waals surface area contributed by atoms with E-state index >= 15 is 0 Å². The zero-order chi connectivity index (χ0) is 18.5. The van der Waals surface area contributed by atoms with Gasteiger partial charge in [0.05, 0.1) is 10.6 Å². The van der Waals surface area contributed by atoms with Gasteiger partial charge in [-0.2, -0.15) is 0 Å². The number of hydrogen-bond donors (Lipinski definition) is 1. The largest absolute Gasteiger partial charge is 0.316 e. The molecule has 138 valence electrons. The number of benzene rings is 2. The van der Waals surface area contributed by atoms with Crippen molar-refractivity contribution < 1.29 is 8.42 Å². The monoisotopic (exact) mass is 370 g/mol. The Balaban J connectivity index is 1.57. The van der Waals surface area contributed by atoms with Gasteiger partial charge in [0.15, 0.2) is 0 Å². The summed E-state index contributed by atoms with van der Waals surface area (Å²) in [6.45, 7) is 6.33. The van der Waals surface area contributed by atoms with Gasteiger partial charge in [0.1, 0.15) is 0 Å². The lowest BCUT2D eigenvalue weighted by molar-refractivity contribution is 0.594. The first-order valence-electron chi connectivity index (χ1n) is 9.25. The number of fused-ring (bicyclic) bond motifs is 1. The molecule has 1 heterocycles. The van der Waals surface area contributed by atoms with E-state index in [4.69, 9.17) is 0 Å². The minimum Gasteiger partial charge on any atom is -0.316 e. The molecule has 1 saturated heterocycles. The second-order valence-electron chi connectivity index (χ2n) is 7.93. The molecule has 26 heavy (non-hydrogen) atoms. The molecular formula is C21H26N2O2S. The van der Waals surface area contributed by atoms with E-state index in [0.29, 0.717) is 21.9 Å². The molecule has 2 atom stereocenters. The average Bonchev–Trinajstić information content (AvgIpc) is 3.22. The van der Waals surface area contributed by atoms with E-state index in [1.807, 2.05) is 24.3 Å². The van der Waals surface area contributed by atoms with Crippen LogP contribution in [0.2, 0.25) is 0 Å². The fraction of sp³-hybridized carbons (Fsp3) is 0.429. The van der Waals surface area contributed by atoms with Gasteiger partial charge in [-0.15, -0.1) is 0 Å². The van der Waals surface area contributed by atoms with Crippen LogP contribution in [0.5, 0.6) is 0 Å². The van der Waals surface area contributed by atoms with Crippen molar-refractivity contribution in [2.45, 2.75) is 36.5 Å². The maximum absolute atomic E-state index is 12.9. The zero-order valence-electron chi connectivity index (χ0n) is 15.6. The Kier molecular flexibility index (Phi) is 4.12. The van der Waals surface area contributed by atoms with Gasteiger partial charge in [0.25, 0.3) is 10.0 Å². The second-order valence-corrected chi connectivity index (χ2v) is 9.90. The number of sulfonamides is 1. The van der Waals surface area contributed by atoms with Gasteiger partial charge >= 0.3 is 0 Å². The van der Waals surface area contributed by atoms with Crippen molar-refractivity contribution in [1.29, 1.82) is 0 Å². The first-order chi connectivity index (χ1) is 12.3. The third-order valence-corrected chi connectivity index (χ3v) is 7.87. The van der Waals surface area contributed by atoms with E-state index in [-0.39, 0.29) is 0 Å². The van der Waals surface area contributed by atoms with E-state index in [2.05, 4.69) is 31.3 Å². The first kappa shape index (κ1) is 17.6. The molecule has 2 aliphatic rings. The Morgan fingerprint density at radius 2 is 1.73 bits per heavy atom. The van der Waals surface area contributed by atoms with Gasteiger partial charge in [-0.1, -0.05) is 38.1 Å². The van der Waals surface area contributed by atoms with Gasteiger partial charge < -0.3 is 5.32 Å². The van der Waals surface area contributed by atoms with Crippen LogP contribution in [0.1, 0.15) is 37.3 Å². The van der Waals surface area contributed by atoms with Gasteiger partial charge in [0, 0.05) is 19.0 Å². The van der Waals surface area contributed by atoms with Crippen molar-refractivity contribution in [1.82, 2.24) is 5.32 Å². The van der Waals surface area contributed by atoms with Crippen LogP contribution in [-0.4, -0.2) is 28.6 Å². The minimum atomic E-state index is -3.55. The Morgan fingerprint density at radius 3 is 2.23 bits per heavy atom. The molecule has 0 aromatic heterocycles. The predicted molar refractivity (Wildman–Crippen MR) is 105 cm³/mol. The molecule has 5 heteroatoms. The molecule has 0 radical (unpaired) electrons. The van der Waals surface area contributed by atoms with Crippen LogP contribution in [0.25, 0.3) is 0 Å². The smallest absolute Gasteiger partial charge is 0.264 e. The predicted octanol–water partition coefficient (Wildman–Crippen LogP) is 3.50. The number of nitrogens with one attached hydrogen (secondary N) is 1. The summed E-state index contributed by atoms with van der Waals surface area (Å²) in [6, 6.07) is 15.2. The summed E-state index contributed by atoms with van der Waals surface area (Å²) < 4.78 is 27.3. The number of nitrogens with zero attached hydrogens (tertiary/aromatic N) is 1. The molecule has 2 aromatic carbocycles. The van der Waals surface area contributed by atoms with E-state index in [1.54, 1.807) is 19.2 Å². The molecule has 4 rings (SSSR count). The molecule has 2 aromatic rings. The van der Waals surface area contributed by atoms with Crippen molar-refractivity contribution in [2.75, 3.05) is 24.4 Å². The van der Waals surface area contributed by atoms with Gasteiger partial charge in [-0.3, -0.25) is 4.31 Å². The molecule has 0 bridgehead atoms. The summed E-state index contributed by atoms with van der Waals surface area (Å²) in [4.78, 5) is 0.328. The lowest BCUT2D eigenvalue weighted by Gasteiger charge is -2.21.